The molecular weight excluding hydrogens is 246 g/mol. The molecule has 1 saturated carbocycles. The first-order valence-electron chi connectivity index (χ1n) is 5.17. The van der Waals surface area contributed by atoms with Crippen molar-refractivity contribution >= 4 is 27.7 Å². The first-order chi connectivity index (χ1) is 6.75. The Labute approximate surface area is 92.0 Å². The number of carbonyl (C=O) groups excluding carboxylic acids is 2. The molecule has 1 heterocycles. The lowest BCUT2D eigenvalue weighted by Crippen LogP contribution is -2.32. The van der Waals surface area contributed by atoms with Crippen LogP contribution >= 0.6 is 15.9 Å². The SMILES string of the molecule is O=C1C2CCCCC2C(=O)N1CCBr. The highest BCUT2D eigenvalue weighted by Gasteiger charge is 2.47. The molecule has 0 aromatic rings. The van der Waals surface area contributed by atoms with Crippen LogP contribution in [0.3, 0.4) is 0 Å². The van der Waals surface area contributed by atoms with E-state index in [0.717, 1.165) is 25.7 Å². The zero-order valence-electron chi connectivity index (χ0n) is 8.04. The van der Waals surface area contributed by atoms with E-state index in [-0.39, 0.29) is 23.7 Å². The number of hydrogen-bond acceptors (Lipinski definition) is 2. The van der Waals surface area contributed by atoms with E-state index < -0.39 is 0 Å². The zero-order chi connectivity index (χ0) is 10.1. The fourth-order valence-electron chi connectivity index (χ4n) is 2.54. The lowest BCUT2D eigenvalue weighted by atomic mass is 9.81. The summed E-state index contributed by atoms with van der Waals surface area (Å²) >= 11 is 3.27. The highest BCUT2D eigenvalue weighted by Crippen LogP contribution is 2.37. The van der Waals surface area contributed by atoms with Gasteiger partial charge in [-0.05, 0) is 12.8 Å². The van der Waals surface area contributed by atoms with Gasteiger partial charge in [-0.3, -0.25) is 14.5 Å². The lowest BCUT2D eigenvalue weighted by Gasteiger charge is -2.19. The van der Waals surface area contributed by atoms with Gasteiger partial charge in [0.05, 0.1) is 11.8 Å². The number of alkyl halides is 1. The van der Waals surface area contributed by atoms with Gasteiger partial charge >= 0.3 is 0 Å². The summed E-state index contributed by atoms with van der Waals surface area (Å²) in [7, 11) is 0. The van der Waals surface area contributed by atoms with Gasteiger partial charge in [0, 0.05) is 11.9 Å². The zero-order valence-corrected chi connectivity index (χ0v) is 9.63. The molecule has 0 spiro atoms. The fourth-order valence-corrected chi connectivity index (χ4v) is 2.89. The molecule has 2 aliphatic rings. The Bertz CT molecular complexity index is 243. The summed E-state index contributed by atoms with van der Waals surface area (Å²) in [6.45, 7) is 0.532. The Morgan fingerprint density at radius 1 is 1.14 bits per heavy atom. The van der Waals surface area contributed by atoms with E-state index in [1.54, 1.807) is 0 Å². The van der Waals surface area contributed by atoms with Gasteiger partial charge < -0.3 is 0 Å². The first-order valence-corrected chi connectivity index (χ1v) is 6.29. The summed E-state index contributed by atoms with van der Waals surface area (Å²) in [4.78, 5) is 25.1. The summed E-state index contributed by atoms with van der Waals surface area (Å²) in [6, 6.07) is 0. The fraction of sp³-hybridized carbons (Fsp3) is 0.800. The number of imide groups is 1. The van der Waals surface area contributed by atoms with E-state index in [1.165, 1.54) is 4.90 Å². The van der Waals surface area contributed by atoms with Crippen molar-refractivity contribution in [2.24, 2.45) is 11.8 Å². The predicted molar refractivity (Wildman–Crippen MR) is 56.0 cm³/mol. The van der Waals surface area contributed by atoms with Gasteiger partial charge in [0.1, 0.15) is 0 Å². The molecule has 2 fully saturated rings. The number of nitrogens with zero attached hydrogens (tertiary/aromatic N) is 1. The molecule has 0 aromatic heterocycles. The minimum atomic E-state index is 0.00954. The van der Waals surface area contributed by atoms with Gasteiger partial charge in [-0.25, -0.2) is 0 Å². The van der Waals surface area contributed by atoms with Crippen LogP contribution in [-0.4, -0.2) is 28.6 Å². The maximum absolute atomic E-state index is 11.8. The number of fused-ring (bicyclic) bond motifs is 1. The second kappa shape index (κ2) is 4.01. The Morgan fingerprint density at radius 2 is 1.64 bits per heavy atom. The molecule has 4 heteroatoms. The summed E-state index contributed by atoms with van der Waals surface area (Å²) < 4.78 is 0. The Kier molecular flexibility index (Phi) is 2.91. The number of rotatable bonds is 2. The molecule has 2 atom stereocenters. The van der Waals surface area contributed by atoms with Gasteiger partial charge in [-0.1, -0.05) is 28.8 Å². The highest BCUT2D eigenvalue weighted by atomic mass is 79.9. The lowest BCUT2D eigenvalue weighted by molar-refractivity contribution is -0.139. The summed E-state index contributed by atoms with van der Waals surface area (Å²) in [6.07, 6.45) is 4.02. The van der Waals surface area contributed by atoms with Crippen LogP contribution in [0.1, 0.15) is 25.7 Å². The Hall–Kier alpha value is -0.380. The number of halogens is 1. The van der Waals surface area contributed by atoms with E-state index in [9.17, 15) is 9.59 Å². The van der Waals surface area contributed by atoms with Crippen LogP contribution in [0.15, 0.2) is 0 Å². The van der Waals surface area contributed by atoms with Gasteiger partial charge in [-0.15, -0.1) is 0 Å². The van der Waals surface area contributed by atoms with Gasteiger partial charge in [-0.2, -0.15) is 0 Å². The molecular formula is C10H14BrNO2. The van der Waals surface area contributed by atoms with Crippen LogP contribution in [0.5, 0.6) is 0 Å². The Morgan fingerprint density at radius 3 is 2.07 bits per heavy atom. The molecule has 3 nitrogen and oxygen atoms in total. The van der Waals surface area contributed by atoms with Crippen molar-refractivity contribution in [2.75, 3.05) is 11.9 Å². The first kappa shape index (κ1) is 10.1. The molecule has 1 saturated heterocycles. The summed E-state index contributed by atoms with van der Waals surface area (Å²) in [5.41, 5.74) is 0. The number of hydrogen-bond donors (Lipinski definition) is 0. The second-order valence-corrected chi connectivity index (χ2v) is 4.81. The third-order valence-corrected chi connectivity index (χ3v) is 3.60. The topological polar surface area (TPSA) is 37.4 Å². The molecule has 2 unspecified atom stereocenters. The quantitative estimate of drug-likeness (QED) is 0.558. The highest BCUT2D eigenvalue weighted by molar-refractivity contribution is 9.09. The van der Waals surface area contributed by atoms with Crippen molar-refractivity contribution in [3.05, 3.63) is 0 Å². The van der Waals surface area contributed by atoms with Crippen LogP contribution < -0.4 is 0 Å². The van der Waals surface area contributed by atoms with Crippen molar-refractivity contribution in [3.8, 4) is 0 Å². The molecule has 1 aliphatic carbocycles. The number of likely N-dealkylation sites (tertiary alicyclic amines) is 1. The van der Waals surface area contributed by atoms with Crippen molar-refractivity contribution in [1.82, 2.24) is 4.90 Å². The van der Waals surface area contributed by atoms with E-state index >= 15 is 0 Å². The maximum atomic E-state index is 11.8. The summed E-state index contributed by atoms with van der Waals surface area (Å²) in [5.74, 6) is 0.156. The van der Waals surface area contributed by atoms with Crippen molar-refractivity contribution in [3.63, 3.8) is 0 Å². The normalized spacial score (nSPS) is 32.2. The average Bonchev–Trinajstić information content (AvgIpc) is 2.45. The van der Waals surface area contributed by atoms with Crippen LogP contribution in [0, 0.1) is 11.8 Å². The molecule has 2 amide bonds. The van der Waals surface area contributed by atoms with Gasteiger partial charge in [0.2, 0.25) is 11.8 Å². The molecule has 1 aliphatic heterocycles. The van der Waals surface area contributed by atoms with Gasteiger partial charge in [0.15, 0.2) is 0 Å². The minimum Gasteiger partial charge on any atom is -0.281 e. The smallest absolute Gasteiger partial charge is 0.233 e. The Balaban J connectivity index is 2.15. The molecule has 2 rings (SSSR count). The molecule has 0 bridgehead atoms. The standard InChI is InChI=1S/C10H14BrNO2/c11-5-6-12-9(13)7-3-1-2-4-8(7)10(12)14/h7-8H,1-6H2. The van der Waals surface area contributed by atoms with E-state index in [1.807, 2.05) is 0 Å². The van der Waals surface area contributed by atoms with Crippen LogP contribution in [0.2, 0.25) is 0 Å². The van der Waals surface area contributed by atoms with Crippen LogP contribution in [0.25, 0.3) is 0 Å². The van der Waals surface area contributed by atoms with Crippen LogP contribution in [-0.2, 0) is 9.59 Å². The van der Waals surface area contributed by atoms with Gasteiger partial charge in [0.25, 0.3) is 0 Å². The minimum absolute atomic E-state index is 0.00954. The largest absolute Gasteiger partial charge is 0.281 e. The second-order valence-electron chi connectivity index (χ2n) is 4.01. The molecule has 0 N–H and O–H groups in total. The third-order valence-electron chi connectivity index (χ3n) is 3.24. The van der Waals surface area contributed by atoms with Crippen molar-refractivity contribution in [1.29, 1.82) is 0 Å². The van der Waals surface area contributed by atoms with E-state index in [2.05, 4.69) is 15.9 Å². The molecule has 0 aromatic carbocycles. The van der Waals surface area contributed by atoms with E-state index in [4.69, 9.17) is 0 Å². The molecule has 0 radical (unpaired) electrons. The van der Waals surface area contributed by atoms with Crippen molar-refractivity contribution in [2.45, 2.75) is 25.7 Å². The summed E-state index contributed by atoms with van der Waals surface area (Å²) in [5, 5.41) is 0.684. The van der Waals surface area contributed by atoms with Crippen LogP contribution in [0.4, 0.5) is 0 Å². The van der Waals surface area contributed by atoms with E-state index in [0.29, 0.717) is 11.9 Å². The monoisotopic (exact) mass is 259 g/mol. The number of carbonyl (C=O) groups is 2. The average molecular weight is 260 g/mol. The predicted octanol–water partition coefficient (Wildman–Crippen LogP) is 1.56. The third kappa shape index (κ3) is 1.49. The number of amides is 2. The molecule has 78 valence electrons. The maximum Gasteiger partial charge on any atom is 0.233 e. The van der Waals surface area contributed by atoms with Crippen molar-refractivity contribution < 1.29 is 9.59 Å². The molecule has 14 heavy (non-hydrogen) atoms.